The summed E-state index contributed by atoms with van der Waals surface area (Å²) in [6.07, 6.45) is 2.47. The maximum atomic E-state index is 12.9. The van der Waals surface area contributed by atoms with Gasteiger partial charge in [0.25, 0.3) is 0 Å². The first-order valence-corrected chi connectivity index (χ1v) is 10.9. The average Bonchev–Trinajstić information content (AvgIpc) is 3.54. The Morgan fingerprint density at radius 2 is 1.91 bits per heavy atom. The third kappa shape index (κ3) is 4.32. The maximum Gasteiger partial charge on any atom is 0.417 e. The van der Waals surface area contributed by atoms with Crippen LogP contribution in [0.15, 0.2) is 24.7 Å². The maximum absolute atomic E-state index is 12.9. The molecular formula is C21H21ClF3N5O2. The largest absolute Gasteiger partial charge is 0.471 e. The molecule has 2 aromatic rings. The molecule has 2 aliphatic heterocycles. The van der Waals surface area contributed by atoms with Crippen LogP contribution in [0.3, 0.4) is 0 Å². The van der Waals surface area contributed by atoms with E-state index in [1.807, 2.05) is 0 Å². The van der Waals surface area contributed by atoms with Crippen molar-refractivity contribution >= 4 is 23.3 Å². The van der Waals surface area contributed by atoms with E-state index >= 15 is 0 Å². The summed E-state index contributed by atoms with van der Waals surface area (Å²) in [6.45, 7) is 1.18. The standard InChI is InChI=1S/C21H21ClF3N5O2/c22-16-5-13(21(23,24)25)7-28-20(16)29-4-3-19(31)30-11-15(6-14(30)10-29)32-18-9-26-17(8-27-18)12-1-2-12/h5,7-9,12,14-15H,1-4,6,10-11H2/t14-,15-/m1/s1. The van der Waals surface area contributed by atoms with Gasteiger partial charge in [0.15, 0.2) is 0 Å². The van der Waals surface area contributed by atoms with Gasteiger partial charge in [0, 0.05) is 38.0 Å². The van der Waals surface area contributed by atoms with Crippen molar-refractivity contribution < 1.29 is 22.7 Å². The normalized spacial score (nSPS) is 23.8. The Morgan fingerprint density at radius 3 is 2.56 bits per heavy atom. The molecule has 3 aliphatic rings. The Labute approximate surface area is 187 Å². The van der Waals surface area contributed by atoms with E-state index in [0.717, 1.165) is 30.8 Å². The Morgan fingerprint density at radius 1 is 1.09 bits per heavy atom. The zero-order valence-corrected chi connectivity index (χ0v) is 17.8. The van der Waals surface area contributed by atoms with Crippen molar-refractivity contribution in [2.75, 3.05) is 24.5 Å². The van der Waals surface area contributed by atoms with Crippen molar-refractivity contribution in [2.45, 2.75) is 49.9 Å². The molecule has 5 rings (SSSR count). The summed E-state index contributed by atoms with van der Waals surface area (Å²) >= 11 is 6.13. The molecule has 170 valence electrons. The van der Waals surface area contributed by atoms with Gasteiger partial charge in [-0.1, -0.05) is 11.6 Å². The zero-order valence-electron chi connectivity index (χ0n) is 17.1. The lowest BCUT2D eigenvalue weighted by atomic mass is 10.2. The first kappa shape index (κ1) is 21.2. The third-order valence-corrected chi connectivity index (χ3v) is 6.38. The molecule has 2 aromatic heterocycles. The van der Waals surface area contributed by atoms with E-state index in [2.05, 4.69) is 15.0 Å². The predicted molar refractivity (Wildman–Crippen MR) is 110 cm³/mol. The Bertz CT molecular complexity index is 1020. The van der Waals surface area contributed by atoms with Crippen LogP contribution in [-0.2, 0) is 11.0 Å². The van der Waals surface area contributed by atoms with Crippen LogP contribution in [0.2, 0.25) is 5.02 Å². The first-order chi connectivity index (χ1) is 15.3. The fourth-order valence-corrected chi connectivity index (χ4v) is 4.60. The number of alkyl halides is 3. The van der Waals surface area contributed by atoms with Gasteiger partial charge in [-0.25, -0.2) is 9.97 Å². The predicted octanol–water partition coefficient (Wildman–Crippen LogP) is 3.68. The molecule has 0 bridgehead atoms. The molecule has 0 radical (unpaired) electrons. The van der Waals surface area contributed by atoms with Crippen LogP contribution in [0.25, 0.3) is 0 Å². The number of pyridine rings is 1. The molecule has 11 heteroatoms. The van der Waals surface area contributed by atoms with Crippen LogP contribution < -0.4 is 9.64 Å². The number of nitrogens with zero attached hydrogens (tertiary/aromatic N) is 5. The third-order valence-electron chi connectivity index (χ3n) is 6.10. The molecule has 1 aliphatic carbocycles. The summed E-state index contributed by atoms with van der Waals surface area (Å²) in [7, 11) is 0. The summed E-state index contributed by atoms with van der Waals surface area (Å²) < 4.78 is 44.8. The van der Waals surface area contributed by atoms with Gasteiger partial charge in [-0.15, -0.1) is 0 Å². The topological polar surface area (TPSA) is 71.5 Å². The van der Waals surface area contributed by atoms with Gasteiger partial charge in [-0.05, 0) is 18.9 Å². The Kier molecular flexibility index (Phi) is 5.35. The molecule has 0 N–H and O–H groups in total. The number of rotatable bonds is 4. The lowest BCUT2D eigenvalue weighted by Crippen LogP contribution is -2.39. The fraction of sp³-hybridized carbons (Fsp3) is 0.524. The van der Waals surface area contributed by atoms with Crippen LogP contribution in [0, 0.1) is 0 Å². The molecule has 2 saturated heterocycles. The molecule has 7 nitrogen and oxygen atoms in total. The van der Waals surface area contributed by atoms with E-state index in [1.54, 1.807) is 22.2 Å². The molecule has 1 amide bonds. The monoisotopic (exact) mass is 467 g/mol. The summed E-state index contributed by atoms with van der Waals surface area (Å²) in [5.74, 6) is 1.16. The van der Waals surface area contributed by atoms with Gasteiger partial charge in [-0.2, -0.15) is 13.2 Å². The van der Waals surface area contributed by atoms with Gasteiger partial charge >= 0.3 is 6.18 Å². The van der Waals surface area contributed by atoms with Crippen LogP contribution in [0.4, 0.5) is 19.0 Å². The summed E-state index contributed by atoms with van der Waals surface area (Å²) in [5.41, 5.74) is 0.0753. The quantitative estimate of drug-likeness (QED) is 0.683. The van der Waals surface area contributed by atoms with Gasteiger partial charge in [0.2, 0.25) is 11.8 Å². The highest BCUT2D eigenvalue weighted by Crippen LogP contribution is 2.39. The first-order valence-electron chi connectivity index (χ1n) is 10.5. The van der Waals surface area contributed by atoms with Crippen molar-refractivity contribution in [3.05, 3.63) is 40.9 Å². The lowest BCUT2D eigenvalue weighted by molar-refractivity contribution is -0.137. The number of fused-ring (bicyclic) bond motifs is 1. The van der Waals surface area contributed by atoms with Crippen molar-refractivity contribution in [3.63, 3.8) is 0 Å². The van der Waals surface area contributed by atoms with E-state index < -0.39 is 11.7 Å². The van der Waals surface area contributed by atoms with Gasteiger partial charge in [-0.3, -0.25) is 9.78 Å². The second-order valence-electron chi connectivity index (χ2n) is 8.45. The van der Waals surface area contributed by atoms with E-state index in [9.17, 15) is 18.0 Å². The van der Waals surface area contributed by atoms with E-state index in [1.165, 1.54) is 0 Å². The minimum absolute atomic E-state index is 0.0261. The highest BCUT2D eigenvalue weighted by molar-refractivity contribution is 6.33. The number of carbonyl (C=O) groups excluding carboxylic acids is 1. The smallest absolute Gasteiger partial charge is 0.417 e. The molecule has 4 heterocycles. The summed E-state index contributed by atoms with van der Waals surface area (Å²) in [4.78, 5) is 28.9. The Balaban J connectivity index is 1.28. The minimum atomic E-state index is -4.52. The molecule has 2 atom stereocenters. The lowest BCUT2D eigenvalue weighted by Gasteiger charge is -2.27. The highest BCUT2D eigenvalue weighted by atomic mass is 35.5. The van der Waals surface area contributed by atoms with E-state index in [0.29, 0.717) is 37.9 Å². The molecule has 1 saturated carbocycles. The molecule has 0 aromatic carbocycles. The van der Waals surface area contributed by atoms with Crippen LogP contribution >= 0.6 is 11.6 Å². The SMILES string of the molecule is O=C1CCN(c2ncc(C(F)(F)F)cc2Cl)C[C@H]2C[C@@H](Oc3cnc(C4CC4)cn3)CN12. The molecule has 3 fully saturated rings. The second kappa shape index (κ2) is 8.06. The number of hydrogen-bond acceptors (Lipinski definition) is 6. The van der Waals surface area contributed by atoms with Crippen molar-refractivity contribution in [2.24, 2.45) is 0 Å². The van der Waals surface area contributed by atoms with Gasteiger partial charge in [0.1, 0.15) is 11.9 Å². The van der Waals surface area contributed by atoms with Crippen LogP contribution in [0.1, 0.15) is 42.9 Å². The zero-order chi connectivity index (χ0) is 22.5. The summed E-state index contributed by atoms with van der Waals surface area (Å²) in [6, 6.07) is 0.715. The number of ether oxygens (including phenoxy) is 1. The number of amides is 1. The Hall–Kier alpha value is -2.62. The second-order valence-corrected chi connectivity index (χ2v) is 8.86. The van der Waals surface area contributed by atoms with Gasteiger partial charge < -0.3 is 14.5 Å². The molecule has 0 spiro atoms. The molecule has 32 heavy (non-hydrogen) atoms. The molecular weight excluding hydrogens is 447 g/mol. The van der Waals surface area contributed by atoms with E-state index in [-0.39, 0.29) is 35.3 Å². The van der Waals surface area contributed by atoms with Crippen LogP contribution in [0.5, 0.6) is 5.88 Å². The number of carbonyl (C=O) groups is 1. The highest BCUT2D eigenvalue weighted by Gasteiger charge is 2.40. The average molecular weight is 468 g/mol. The number of hydrogen-bond donors (Lipinski definition) is 0. The van der Waals surface area contributed by atoms with Crippen molar-refractivity contribution in [1.29, 1.82) is 0 Å². The number of anilines is 1. The minimum Gasteiger partial charge on any atom is -0.471 e. The van der Waals surface area contributed by atoms with Crippen molar-refractivity contribution in [1.82, 2.24) is 19.9 Å². The number of aromatic nitrogens is 3. The number of halogens is 4. The summed E-state index contributed by atoms with van der Waals surface area (Å²) in [5, 5.41) is -0.0856. The van der Waals surface area contributed by atoms with Crippen molar-refractivity contribution in [3.8, 4) is 5.88 Å². The van der Waals surface area contributed by atoms with E-state index in [4.69, 9.17) is 16.3 Å². The van der Waals surface area contributed by atoms with Crippen LogP contribution in [-0.4, -0.2) is 57.5 Å². The van der Waals surface area contributed by atoms with Gasteiger partial charge in [0.05, 0.1) is 41.3 Å². The fourth-order valence-electron chi connectivity index (χ4n) is 4.32. The molecule has 0 unspecified atom stereocenters.